The molecule has 0 radical (unpaired) electrons. The number of aromatic nitrogens is 2. The zero-order chi connectivity index (χ0) is 18.7. The van der Waals surface area contributed by atoms with Crippen LogP contribution >= 0.6 is 23.2 Å². The van der Waals surface area contributed by atoms with E-state index in [9.17, 15) is 4.79 Å². The average molecular weight is 390 g/mol. The second kappa shape index (κ2) is 7.81. The molecule has 3 aromatic rings. The molecular weight excluding hydrogens is 373 g/mol. The highest BCUT2D eigenvalue weighted by Crippen LogP contribution is 2.28. The van der Waals surface area contributed by atoms with Crippen LogP contribution in [0.25, 0.3) is 0 Å². The van der Waals surface area contributed by atoms with E-state index in [1.165, 1.54) is 7.11 Å². The number of rotatable bonds is 5. The number of nitrogens with zero attached hydrogens (tertiary/aromatic N) is 2. The molecule has 3 rings (SSSR count). The van der Waals surface area contributed by atoms with Crippen molar-refractivity contribution in [1.29, 1.82) is 0 Å². The number of anilines is 1. The summed E-state index contributed by atoms with van der Waals surface area (Å²) in [6.45, 7) is 2.24. The molecule has 0 unspecified atom stereocenters. The van der Waals surface area contributed by atoms with E-state index in [-0.39, 0.29) is 5.91 Å². The van der Waals surface area contributed by atoms with Gasteiger partial charge in [-0.15, -0.1) is 0 Å². The maximum absolute atomic E-state index is 12.7. The van der Waals surface area contributed by atoms with Gasteiger partial charge < -0.3 is 10.1 Å². The maximum atomic E-state index is 12.7. The van der Waals surface area contributed by atoms with Gasteiger partial charge in [-0.25, -0.2) is 4.68 Å². The Hall–Kier alpha value is -2.50. The summed E-state index contributed by atoms with van der Waals surface area (Å²) in [6.07, 6.45) is 0. The molecule has 0 saturated heterocycles. The predicted molar refractivity (Wildman–Crippen MR) is 103 cm³/mol. The number of hydrogen-bond acceptors (Lipinski definition) is 3. The summed E-state index contributed by atoms with van der Waals surface area (Å²) in [5, 5.41) is 7.89. The Morgan fingerprint density at radius 1 is 1.19 bits per heavy atom. The van der Waals surface area contributed by atoms with Crippen LogP contribution in [0, 0.1) is 6.92 Å². The van der Waals surface area contributed by atoms with Gasteiger partial charge in [0.1, 0.15) is 10.9 Å². The van der Waals surface area contributed by atoms with Crippen LogP contribution in [0.3, 0.4) is 0 Å². The molecule has 0 bridgehead atoms. The normalized spacial score (nSPS) is 10.6. The molecule has 0 fully saturated rings. The number of ether oxygens (including phenoxy) is 1. The summed E-state index contributed by atoms with van der Waals surface area (Å²) in [7, 11) is 1.53. The van der Waals surface area contributed by atoms with Crippen molar-refractivity contribution in [3.05, 3.63) is 75.5 Å². The van der Waals surface area contributed by atoms with Crippen molar-refractivity contribution < 1.29 is 9.53 Å². The minimum Gasteiger partial charge on any atom is -0.495 e. The lowest BCUT2D eigenvalue weighted by molar-refractivity contribution is 0.102. The van der Waals surface area contributed by atoms with Gasteiger partial charge in [-0.3, -0.25) is 4.79 Å². The number of nitrogens with one attached hydrogen (secondary N) is 1. The second-order valence-corrected chi connectivity index (χ2v) is 6.46. The third-order valence-electron chi connectivity index (χ3n) is 3.88. The zero-order valence-corrected chi connectivity index (χ0v) is 15.8. The molecule has 0 aliphatic carbocycles. The van der Waals surface area contributed by atoms with Gasteiger partial charge in [-0.1, -0.05) is 53.5 Å². The van der Waals surface area contributed by atoms with E-state index in [1.807, 2.05) is 30.3 Å². The number of halogens is 2. The van der Waals surface area contributed by atoms with Gasteiger partial charge in [0.2, 0.25) is 0 Å². The first-order valence-corrected chi connectivity index (χ1v) is 8.67. The highest BCUT2D eigenvalue weighted by atomic mass is 35.5. The number of carbonyl (C=O) groups is 1. The van der Waals surface area contributed by atoms with Crippen molar-refractivity contribution in [1.82, 2.24) is 9.78 Å². The first-order valence-electron chi connectivity index (χ1n) is 7.91. The van der Waals surface area contributed by atoms with Gasteiger partial charge in [0.05, 0.1) is 29.9 Å². The lowest BCUT2D eigenvalue weighted by atomic mass is 10.2. The second-order valence-electron chi connectivity index (χ2n) is 5.70. The van der Waals surface area contributed by atoms with E-state index < -0.39 is 0 Å². The summed E-state index contributed by atoms with van der Waals surface area (Å²) in [5.74, 6) is 0.197. The van der Waals surface area contributed by atoms with Crippen LogP contribution in [0.1, 0.15) is 21.6 Å². The largest absolute Gasteiger partial charge is 0.495 e. The third-order valence-corrected chi connectivity index (χ3v) is 4.56. The van der Waals surface area contributed by atoms with E-state index in [0.29, 0.717) is 39.4 Å². The number of benzene rings is 2. The van der Waals surface area contributed by atoms with Crippen molar-refractivity contribution in [3.8, 4) is 5.75 Å². The van der Waals surface area contributed by atoms with Gasteiger partial charge in [-0.05, 0) is 30.7 Å². The molecule has 26 heavy (non-hydrogen) atoms. The fourth-order valence-corrected chi connectivity index (χ4v) is 3.19. The summed E-state index contributed by atoms with van der Waals surface area (Å²) in [4.78, 5) is 12.7. The fraction of sp³-hybridized carbons (Fsp3) is 0.158. The van der Waals surface area contributed by atoms with Crippen molar-refractivity contribution in [2.75, 3.05) is 12.4 Å². The molecular formula is C19H17Cl2N3O2. The molecule has 5 nitrogen and oxygen atoms in total. The van der Waals surface area contributed by atoms with Crippen LogP contribution in [0.4, 0.5) is 5.69 Å². The summed E-state index contributed by atoms with van der Waals surface area (Å²) >= 11 is 12.5. The molecule has 0 atom stereocenters. The third kappa shape index (κ3) is 3.84. The molecule has 0 aliphatic heterocycles. The molecule has 134 valence electrons. The number of aryl methyl sites for hydroxylation is 1. The topological polar surface area (TPSA) is 56.1 Å². The van der Waals surface area contributed by atoms with Crippen LogP contribution < -0.4 is 10.1 Å². The highest BCUT2D eigenvalue weighted by Gasteiger charge is 2.21. The van der Waals surface area contributed by atoms with E-state index in [2.05, 4.69) is 10.4 Å². The Morgan fingerprint density at radius 2 is 1.92 bits per heavy atom. The maximum Gasteiger partial charge on any atom is 0.260 e. The average Bonchev–Trinajstić information content (AvgIpc) is 2.89. The van der Waals surface area contributed by atoms with Crippen LogP contribution in [-0.4, -0.2) is 22.8 Å². The minimum absolute atomic E-state index is 0.295. The molecule has 0 saturated carbocycles. The number of methoxy groups -OCH3 is 1. The summed E-state index contributed by atoms with van der Waals surface area (Å²) < 4.78 is 6.72. The van der Waals surface area contributed by atoms with E-state index >= 15 is 0 Å². The highest BCUT2D eigenvalue weighted by molar-refractivity contribution is 6.34. The monoisotopic (exact) mass is 389 g/mol. The van der Waals surface area contributed by atoms with Gasteiger partial charge in [-0.2, -0.15) is 5.10 Å². The SMILES string of the molecule is COc1ccc(NC(=O)c2c(C)nn(Cc3ccccc3)c2Cl)cc1Cl. The number of amides is 1. The molecule has 1 N–H and O–H groups in total. The molecule has 0 aliphatic rings. The number of carbonyl (C=O) groups excluding carboxylic acids is 1. The van der Waals surface area contributed by atoms with Crippen LogP contribution in [-0.2, 0) is 6.54 Å². The molecule has 1 heterocycles. The van der Waals surface area contributed by atoms with Gasteiger partial charge in [0.25, 0.3) is 5.91 Å². The van der Waals surface area contributed by atoms with Crippen LogP contribution in [0.5, 0.6) is 5.75 Å². The first kappa shape index (κ1) is 18.3. The Bertz CT molecular complexity index is 939. The summed E-state index contributed by atoms with van der Waals surface area (Å²) in [5.41, 5.74) is 2.50. The van der Waals surface area contributed by atoms with Gasteiger partial charge in [0, 0.05) is 5.69 Å². The minimum atomic E-state index is -0.340. The summed E-state index contributed by atoms with van der Waals surface area (Å²) in [6, 6.07) is 14.8. The van der Waals surface area contributed by atoms with E-state index in [1.54, 1.807) is 29.8 Å². The van der Waals surface area contributed by atoms with Crippen molar-refractivity contribution in [2.45, 2.75) is 13.5 Å². The standard InChI is InChI=1S/C19H17Cl2N3O2/c1-12-17(18(21)24(23-12)11-13-6-4-3-5-7-13)19(25)22-14-8-9-16(26-2)15(20)10-14/h3-10H,11H2,1-2H3,(H,22,25). The Balaban J connectivity index is 1.82. The first-order chi connectivity index (χ1) is 12.5. The number of hydrogen-bond donors (Lipinski definition) is 1. The van der Waals surface area contributed by atoms with Gasteiger partial charge in [0.15, 0.2) is 0 Å². The quantitative estimate of drug-likeness (QED) is 0.681. The van der Waals surface area contributed by atoms with Gasteiger partial charge >= 0.3 is 0 Å². The smallest absolute Gasteiger partial charge is 0.260 e. The van der Waals surface area contributed by atoms with Crippen molar-refractivity contribution in [3.63, 3.8) is 0 Å². The Labute approximate surface area is 161 Å². The zero-order valence-electron chi connectivity index (χ0n) is 14.3. The molecule has 0 spiro atoms. The van der Waals surface area contributed by atoms with Crippen molar-refractivity contribution >= 4 is 34.8 Å². The van der Waals surface area contributed by atoms with Crippen LogP contribution in [0.15, 0.2) is 48.5 Å². The predicted octanol–water partition coefficient (Wildman–Crippen LogP) is 4.81. The lowest BCUT2D eigenvalue weighted by Gasteiger charge is -2.08. The molecule has 7 heteroatoms. The fourth-order valence-electron chi connectivity index (χ4n) is 2.61. The molecule has 1 aromatic heterocycles. The van der Waals surface area contributed by atoms with E-state index in [4.69, 9.17) is 27.9 Å². The Kier molecular flexibility index (Phi) is 5.49. The lowest BCUT2D eigenvalue weighted by Crippen LogP contribution is -2.13. The molecule has 2 aromatic carbocycles. The Morgan fingerprint density at radius 3 is 2.58 bits per heavy atom. The van der Waals surface area contributed by atoms with Crippen molar-refractivity contribution in [2.24, 2.45) is 0 Å². The van der Waals surface area contributed by atoms with Crippen LogP contribution in [0.2, 0.25) is 10.2 Å². The van der Waals surface area contributed by atoms with E-state index in [0.717, 1.165) is 5.56 Å². The molecule has 1 amide bonds.